The van der Waals surface area contributed by atoms with Gasteiger partial charge in [-0.05, 0) is 38.5 Å². The van der Waals surface area contributed by atoms with E-state index in [-0.39, 0.29) is 30.4 Å². The molecule has 0 heterocycles. The van der Waals surface area contributed by atoms with Crippen molar-refractivity contribution in [3.05, 3.63) is 29.8 Å². The van der Waals surface area contributed by atoms with Crippen LogP contribution in [-0.4, -0.2) is 24.0 Å². The van der Waals surface area contributed by atoms with E-state index in [1.165, 1.54) is 0 Å². The predicted octanol–water partition coefficient (Wildman–Crippen LogP) is 1.57. The summed E-state index contributed by atoms with van der Waals surface area (Å²) in [7, 11) is 0. The zero-order valence-electron chi connectivity index (χ0n) is 12.8. The van der Waals surface area contributed by atoms with Crippen LogP contribution in [-0.2, 0) is 11.3 Å². The number of benzene rings is 1. The van der Waals surface area contributed by atoms with Crippen molar-refractivity contribution in [3.63, 3.8) is 0 Å². The molecule has 1 rings (SSSR count). The fraction of sp³-hybridized carbons (Fsp3) is 0.467. The van der Waals surface area contributed by atoms with Gasteiger partial charge in [0.1, 0.15) is 0 Å². The quantitative estimate of drug-likeness (QED) is 0.663. The first-order valence-electron chi connectivity index (χ1n) is 6.95. The van der Waals surface area contributed by atoms with Gasteiger partial charge < -0.3 is 21.7 Å². The van der Waals surface area contributed by atoms with Gasteiger partial charge >= 0.3 is 6.03 Å². The molecule has 0 atom stereocenters. The molecule has 1 aromatic carbocycles. The molecule has 1 aromatic rings. The van der Waals surface area contributed by atoms with Crippen molar-refractivity contribution in [1.82, 2.24) is 10.6 Å². The van der Waals surface area contributed by atoms with Crippen molar-refractivity contribution in [2.45, 2.75) is 39.3 Å². The highest BCUT2D eigenvalue weighted by molar-refractivity contribution is 5.89. The number of carbonyl (C=O) groups excluding carboxylic acids is 2. The standard InChI is InChI=1S/C15H24N4O2/c1-15(2,3)19-13(20)7-8-17-14(21)18-12-6-4-5-11(9-12)10-16/h4-6,9H,7-8,10,16H2,1-3H3,(H,19,20)(H2,17,18,21). The van der Waals surface area contributed by atoms with Crippen LogP contribution in [0.5, 0.6) is 0 Å². The molecule has 0 saturated carbocycles. The Morgan fingerprint density at radius 1 is 1.24 bits per heavy atom. The second-order valence-electron chi connectivity index (χ2n) is 5.83. The third-order valence-electron chi connectivity index (χ3n) is 2.57. The number of carbonyl (C=O) groups is 2. The number of hydrogen-bond donors (Lipinski definition) is 4. The van der Waals surface area contributed by atoms with Gasteiger partial charge in [0, 0.05) is 30.7 Å². The van der Waals surface area contributed by atoms with Crippen LogP contribution in [0.1, 0.15) is 32.8 Å². The summed E-state index contributed by atoms with van der Waals surface area (Å²) in [5, 5.41) is 8.18. The van der Waals surface area contributed by atoms with Gasteiger partial charge in [-0.15, -0.1) is 0 Å². The molecule has 0 bridgehead atoms. The molecule has 0 radical (unpaired) electrons. The van der Waals surface area contributed by atoms with Crippen LogP contribution in [0.3, 0.4) is 0 Å². The monoisotopic (exact) mass is 292 g/mol. The zero-order valence-corrected chi connectivity index (χ0v) is 12.8. The minimum Gasteiger partial charge on any atom is -0.351 e. The lowest BCUT2D eigenvalue weighted by Gasteiger charge is -2.20. The minimum atomic E-state index is -0.340. The topological polar surface area (TPSA) is 96.2 Å². The number of urea groups is 1. The summed E-state index contributed by atoms with van der Waals surface area (Å²) in [4.78, 5) is 23.3. The molecular formula is C15H24N4O2. The second-order valence-corrected chi connectivity index (χ2v) is 5.83. The van der Waals surface area contributed by atoms with Crippen molar-refractivity contribution in [2.24, 2.45) is 5.73 Å². The van der Waals surface area contributed by atoms with Gasteiger partial charge in [-0.3, -0.25) is 4.79 Å². The minimum absolute atomic E-state index is 0.0899. The Kier molecular flexibility index (Phi) is 6.17. The van der Waals surface area contributed by atoms with E-state index < -0.39 is 0 Å². The molecule has 5 N–H and O–H groups in total. The summed E-state index contributed by atoms with van der Waals surface area (Å²) in [6, 6.07) is 6.97. The first kappa shape index (κ1) is 17.0. The second kappa shape index (κ2) is 7.64. The van der Waals surface area contributed by atoms with Gasteiger partial charge in [-0.2, -0.15) is 0 Å². The first-order chi connectivity index (χ1) is 9.80. The Morgan fingerprint density at radius 3 is 2.57 bits per heavy atom. The Balaban J connectivity index is 2.32. The normalized spacial score (nSPS) is 10.9. The average molecular weight is 292 g/mol. The lowest BCUT2D eigenvalue weighted by molar-refractivity contribution is -0.122. The van der Waals surface area contributed by atoms with Crippen LogP contribution < -0.4 is 21.7 Å². The molecule has 0 fully saturated rings. The lowest BCUT2D eigenvalue weighted by atomic mass is 10.1. The Bertz CT molecular complexity index is 495. The third-order valence-corrected chi connectivity index (χ3v) is 2.57. The van der Waals surface area contributed by atoms with Crippen molar-refractivity contribution < 1.29 is 9.59 Å². The van der Waals surface area contributed by atoms with Crippen molar-refractivity contribution in [3.8, 4) is 0 Å². The summed E-state index contributed by atoms with van der Waals surface area (Å²) in [5.74, 6) is -0.0899. The summed E-state index contributed by atoms with van der Waals surface area (Å²) in [6.07, 6.45) is 0.244. The summed E-state index contributed by atoms with van der Waals surface area (Å²) in [5.41, 5.74) is 6.90. The molecule has 0 aliphatic heterocycles. The Morgan fingerprint density at radius 2 is 1.95 bits per heavy atom. The Labute approximate surface area is 125 Å². The zero-order chi connectivity index (χ0) is 15.9. The van der Waals surface area contributed by atoms with E-state index in [0.29, 0.717) is 12.2 Å². The van der Waals surface area contributed by atoms with Gasteiger partial charge in [0.05, 0.1) is 0 Å². The van der Waals surface area contributed by atoms with E-state index in [1.807, 2.05) is 39.0 Å². The number of nitrogens with two attached hydrogens (primary N) is 1. The number of hydrogen-bond acceptors (Lipinski definition) is 3. The van der Waals surface area contributed by atoms with E-state index in [4.69, 9.17) is 5.73 Å². The largest absolute Gasteiger partial charge is 0.351 e. The first-order valence-corrected chi connectivity index (χ1v) is 6.95. The number of anilines is 1. The van der Waals surface area contributed by atoms with Crippen molar-refractivity contribution in [2.75, 3.05) is 11.9 Å². The van der Waals surface area contributed by atoms with Gasteiger partial charge in [-0.25, -0.2) is 4.79 Å². The van der Waals surface area contributed by atoms with Crippen molar-refractivity contribution in [1.29, 1.82) is 0 Å². The third kappa shape index (κ3) is 7.31. The van der Waals surface area contributed by atoms with Crippen molar-refractivity contribution >= 4 is 17.6 Å². The Hall–Kier alpha value is -2.08. The van der Waals surface area contributed by atoms with Crippen LogP contribution in [0, 0.1) is 0 Å². The van der Waals surface area contributed by atoms with Crippen LogP contribution in [0.25, 0.3) is 0 Å². The summed E-state index contributed by atoms with van der Waals surface area (Å²) < 4.78 is 0. The van der Waals surface area contributed by atoms with Gasteiger partial charge in [0.25, 0.3) is 0 Å². The molecule has 0 aliphatic carbocycles. The van der Waals surface area contributed by atoms with Crippen LogP contribution in [0.4, 0.5) is 10.5 Å². The molecule has 6 heteroatoms. The molecule has 21 heavy (non-hydrogen) atoms. The molecule has 0 spiro atoms. The lowest BCUT2D eigenvalue weighted by Crippen LogP contribution is -2.42. The maximum absolute atomic E-state index is 11.7. The maximum atomic E-state index is 11.7. The maximum Gasteiger partial charge on any atom is 0.319 e. The van der Waals surface area contributed by atoms with Crippen LogP contribution in [0.15, 0.2) is 24.3 Å². The van der Waals surface area contributed by atoms with Gasteiger partial charge in [0.15, 0.2) is 0 Å². The molecule has 0 aromatic heterocycles. The molecule has 116 valence electrons. The SMILES string of the molecule is CC(C)(C)NC(=O)CCNC(=O)Nc1cccc(CN)c1. The molecule has 0 saturated heterocycles. The van der Waals surface area contributed by atoms with E-state index in [0.717, 1.165) is 5.56 Å². The van der Waals surface area contributed by atoms with Gasteiger partial charge in [-0.1, -0.05) is 12.1 Å². The van der Waals surface area contributed by atoms with Crippen LogP contribution in [0.2, 0.25) is 0 Å². The van der Waals surface area contributed by atoms with Gasteiger partial charge in [0.2, 0.25) is 5.91 Å². The number of rotatable bonds is 5. The fourth-order valence-electron chi connectivity index (χ4n) is 1.72. The van der Waals surface area contributed by atoms with Crippen LogP contribution >= 0.6 is 0 Å². The van der Waals surface area contributed by atoms with E-state index in [9.17, 15) is 9.59 Å². The highest BCUT2D eigenvalue weighted by Crippen LogP contribution is 2.09. The predicted molar refractivity (Wildman–Crippen MR) is 83.9 cm³/mol. The molecule has 0 unspecified atom stereocenters. The molecule has 0 aliphatic rings. The van der Waals surface area contributed by atoms with E-state index in [1.54, 1.807) is 6.07 Å². The number of nitrogens with one attached hydrogen (secondary N) is 3. The summed E-state index contributed by atoms with van der Waals surface area (Å²) >= 11 is 0. The highest BCUT2D eigenvalue weighted by atomic mass is 16.2. The van der Waals surface area contributed by atoms with E-state index >= 15 is 0 Å². The van der Waals surface area contributed by atoms with E-state index in [2.05, 4.69) is 16.0 Å². The highest BCUT2D eigenvalue weighted by Gasteiger charge is 2.13. The molecule has 3 amide bonds. The smallest absolute Gasteiger partial charge is 0.319 e. The average Bonchev–Trinajstić information content (AvgIpc) is 2.36. The molecule has 6 nitrogen and oxygen atoms in total. The molecular weight excluding hydrogens is 268 g/mol. The summed E-state index contributed by atoms with van der Waals surface area (Å²) in [6.45, 7) is 6.44. The fourth-order valence-corrected chi connectivity index (χ4v) is 1.72. The number of amides is 3.